The van der Waals surface area contributed by atoms with E-state index in [1.54, 1.807) is 13.0 Å². The van der Waals surface area contributed by atoms with Crippen molar-refractivity contribution < 1.29 is 9.13 Å². The van der Waals surface area contributed by atoms with E-state index < -0.39 is 15.7 Å². The van der Waals surface area contributed by atoms with Gasteiger partial charge in [0.25, 0.3) is 5.69 Å². The van der Waals surface area contributed by atoms with Crippen LogP contribution >= 0.6 is 11.6 Å². The summed E-state index contributed by atoms with van der Waals surface area (Å²) >= 11 is 6.16. The molecule has 1 saturated carbocycles. The van der Waals surface area contributed by atoms with Gasteiger partial charge in [0.1, 0.15) is 0 Å². The number of nitro benzene ring substituents is 1. The topological polar surface area (TPSA) is 72.2 Å². The van der Waals surface area contributed by atoms with Crippen LogP contribution in [0.25, 0.3) is 0 Å². The third-order valence-electron chi connectivity index (χ3n) is 4.12. The van der Waals surface area contributed by atoms with Crippen LogP contribution in [0, 0.1) is 17.0 Å². The first-order valence-corrected chi connectivity index (χ1v) is 9.26. The molecule has 7 heteroatoms. The van der Waals surface area contributed by atoms with Crippen LogP contribution < -0.4 is 5.32 Å². The maximum atomic E-state index is 12.0. The highest BCUT2D eigenvalue weighted by Crippen LogP contribution is 2.33. The second-order valence-electron chi connectivity index (χ2n) is 5.67. The first-order valence-electron chi connectivity index (χ1n) is 7.50. The molecule has 1 N–H and O–H groups in total. The zero-order chi connectivity index (χ0) is 16.3. The Hall–Kier alpha value is -1.14. The van der Waals surface area contributed by atoms with Gasteiger partial charge < -0.3 is 5.32 Å². The lowest BCUT2D eigenvalue weighted by Gasteiger charge is -2.30. The van der Waals surface area contributed by atoms with Crippen molar-refractivity contribution in [2.75, 3.05) is 11.1 Å². The number of halogens is 1. The van der Waals surface area contributed by atoms with Gasteiger partial charge in [0.15, 0.2) is 0 Å². The molecule has 22 heavy (non-hydrogen) atoms. The summed E-state index contributed by atoms with van der Waals surface area (Å²) in [5.41, 5.74) is 1.34. The van der Waals surface area contributed by atoms with E-state index in [4.69, 9.17) is 11.6 Å². The van der Waals surface area contributed by atoms with Crippen LogP contribution in [0.2, 0.25) is 5.02 Å². The Morgan fingerprint density at radius 1 is 1.45 bits per heavy atom. The van der Waals surface area contributed by atoms with Crippen molar-refractivity contribution in [1.29, 1.82) is 0 Å². The lowest BCUT2D eigenvalue weighted by atomic mass is 9.94. The minimum absolute atomic E-state index is 0.0316. The molecular formula is C15H21ClN2O3S. The molecule has 3 unspecified atom stereocenters. The number of nitrogens with one attached hydrogen (secondary N) is 1. The summed E-state index contributed by atoms with van der Waals surface area (Å²) in [6.45, 7) is 3.65. The zero-order valence-electron chi connectivity index (χ0n) is 12.8. The molecule has 1 aromatic carbocycles. The van der Waals surface area contributed by atoms with E-state index in [0.717, 1.165) is 31.4 Å². The zero-order valence-corrected chi connectivity index (χ0v) is 14.4. The fourth-order valence-corrected chi connectivity index (χ4v) is 4.51. The normalized spacial score (nSPS) is 23.0. The van der Waals surface area contributed by atoms with Crippen molar-refractivity contribution in [3.8, 4) is 0 Å². The molecule has 0 aromatic heterocycles. The molecule has 0 heterocycles. The molecule has 1 aliphatic carbocycles. The quantitative estimate of drug-likeness (QED) is 0.646. The van der Waals surface area contributed by atoms with Gasteiger partial charge in [-0.2, -0.15) is 0 Å². The van der Waals surface area contributed by atoms with Crippen LogP contribution in [0.4, 0.5) is 11.4 Å². The van der Waals surface area contributed by atoms with E-state index in [-0.39, 0.29) is 17.0 Å². The minimum Gasteiger partial charge on any atom is -0.381 e. The second kappa shape index (κ2) is 7.42. The molecule has 0 spiro atoms. The standard InChI is InChI=1S/C15H21ClN2O3S/c1-3-22(21)12-6-4-5-11(8-12)17-14-7-10(2)15(18(19)20)9-13(14)16/h7,9,11-12,17H,3-6,8H2,1-2H3. The highest BCUT2D eigenvalue weighted by atomic mass is 35.5. The van der Waals surface area contributed by atoms with Crippen molar-refractivity contribution in [2.45, 2.75) is 50.8 Å². The summed E-state index contributed by atoms with van der Waals surface area (Å²) in [6.07, 6.45) is 3.90. The monoisotopic (exact) mass is 344 g/mol. The number of hydrogen-bond donors (Lipinski definition) is 1. The Morgan fingerprint density at radius 3 is 2.82 bits per heavy atom. The molecule has 0 aliphatic heterocycles. The molecule has 0 radical (unpaired) electrons. The number of nitro groups is 1. The molecule has 2 rings (SSSR count). The number of benzene rings is 1. The van der Waals surface area contributed by atoms with Crippen LogP contribution in [0.15, 0.2) is 12.1 Å². The maximum absolute atomic E-state index is 12.0. The first-order chi connectivity index (χ1) is 10.4. The number of aryl methyl sites for hydroxylation is 1. The number of anilines is 1. The average Bonchev–Trinajstić information content (AvgIpc) is 2.49. The largest absolute Gasteiger partial charge is 0.381 e. The summed E-state index contributed by atoms with van der Waals surface area (Å²) in [6, 6.07) is 3.33. The third-order valence-corrected chi connectivity index (χ3v) is 6.18. The summed E-state index contributed by atoms with van der Waals surface area (Å²) in [4.78, 5) is 10.5. The molecule has 1 aliphatic rings. The maximum Gasteiger partial charge on any atom is 0.273 e. The van der Waals surface area contributed by atoms with Gasteiger partial charge in [-0.05, 0) is 32.3 Å². The van der Waals surface area contributed by atoms with Crippen LogP contribution in [0.1, 0.15) is 38.2 Å². The van der Waals surface area contributed by atoms with Gasteiger partial charge in [-0.1, -0.05) is 24.9 Å². The number of nitrogens with zero attached hydrogens (tertiary/aromatic N) is 1. The van der Waals surface area contributed by atoms with Crippen molar-refractivity contribution >= 4 is 33.8 Å². The lowest BCUT2D eigenvalue weighted by molar-refractivity contribution is -0.385. The SMILES string of the molecule is CCS(=O)C1CCCC(Nc2cc(C)c([N+](=O)[O-])cc2Cl)C1. The van der Waals surface area contributed by atoms with Gasteiger partial charge in [-0.3, -0.25) is 14.3 Å². The molecule has 3 atom stereocenters. The van der Waals surface area contributed by atoms with Crippen LogP contribution in [0.5, 0.6) is 0 Å². The predicted molar refractivity (Wildman–Crippen MR) is 91.2 cm³/mol. The summed E-state index contributed by atoms with van der Waals surface area (Å²) in [5, 5.41) is 14.9. The predicted octanol–water partition coefficient (Wildman–Crippen LogP) is 4.05. The van der Waals surface area contributed by atoms with Crippen molar-refractivity contribution in [2.24, 2.45) is 0 Å². The molecular weight excluding hydrogens is 324 g/mol. The minimum atomic E-state index is -0.774. The summed E-state index contributed by atoms with van der Waals surface area (Å²) in [5.74, 6) is 0.689. The Kier molecular flexibility index (Phi) is 5.81. The number of hydrogen-bond acceptors (Lipinski definition) is 4. The molecule has 5 nitrogen and oxygen atoms in total. The lowest BCUT2D eigenvalue weighted by Crippen LogP contribution is -2.33. The van der Waals surface area contributed by atoms with Gasteiger partial charge in [0, 0.05) is 39.5 Å². The van der Waals surface area contributed by atoms with E-state index >= 15 is 0 Å². The summed E-state index contributed by atoms with van der Waals surface area (Å²) in [7, 11) is -0.774. The van der Waals surface area contributed by atoms with Gasteiger partial charge in [0.05, 0.1) is 15.6 Å². The van der Waals surface area contributed by atoms with Gasteiger partial charge in [-0.25, -0.2) is 0 Å². The molecule has 0 amide bonds. The Morgan fingerprint density at radius 2 is 2.18 bits per heavy atom. The Labute approximate surface area is 138 Å². The molecule has 0 saturated heterocycles. The van der Waals surface area contributed by atoms with Crippen molar-refractivity contribution in [3.63, 3.8) is 0 Å². The van der Waals surface area contributed by atoms with Gasteiger partial charge in [0.2, 0.25) is 0 Å². The van der Waals surface area contributed by atoms with E-state index in [1.807, 2.05) is 6.92 Å². The highest BCUT2D eigenvalue weighted by Gasteiger charge is 2.26. The fraction of sp³-hybridized carbons (Fsp3) is 0.600. The Bertz CT molecular complexity index is 594. The molecule has 1 fully saturated rings. The van der Waals surface area contributed by atoms with Crippen LogP contribution in [-0.2, 0) is 10.8 Å². The summed E-state index contributed by atoms with van der Waals surface area (Å²) < 4.78 is 12.0. The van der Waals surface area contributed by atoms with Crippen molar-refractivity contribution in [3.05, 3.63) is 32.8 Å². The smallest absolute Gasteiger partial charge is 0.273 e. The Balaban J connectivity index is 2.12. The van der Waals surface area contributed by atoms with E-state index in [2.05, 4.69) is 5.32 Å². The van der Waals surface area contributed by atoms with Gasteiger partial charge in [-0.15, -0.1) is 0 Å². The van der Waals surface area contributed by atoms with E-state index in [9.17, 15) is 14.3 Å². The fourth-order valence-electron chi connectivity index (χ4n) is 2.95. The number of rotatable bonds is 5. The highest BCUT2D eigenvalue weighted by molar-refractivity contribution is 7.85. The molecule has 122 valence electrons. The average molecular weight is 345 g/mol. The van der Waals surface area contributed by atoms with Crippen LogP contribution in [0.3, 0.4) is 0 Å². The first kappa shape index (κ1) is 17.2. The van der Waals surface area contributed by atoms with E-state index in [1.165, 1.54) is 6.07 Å². The third kappa shape index (κ3) is 3.98. The second-order valence-corrected chi connectivity index (χ2v) is 8.09. The molecule has 0 bridgehead atoms. The molecule has 1 aromatic rings. The van der Waals surface area contributed by atoms with Crippen LogP contribution in [-0.4, -0.2) is 26.2 Å². The van der Waals surface area contributed by atoms with Crippen molar-refractivity contribution in [1.82, 2.24) is 0 Å². The van der Waals surface area contributed by atoms with E-state index in [0.29, 0.717) is 16.3 Å². The van der Waals surface area contributed by atoms with Gasteiger partial charge >= 0.3 is 0 Å².